The van der Waals surface area contributed by atoms with Gasteiger partial charge in [0.15, 0.2) is 0 Å². The van der Waals surface area contributed by atoms with Crippen molar-refractivity contribution in [3.8, 4) is 5.75 Å². The molecule has 168 valence electrons. The number of hydrogen-bond donors (Lipinski definition) is 0. The topological polar surface area (TPSA) is 63.7 Å². The number of nitrogens with zero attached hydrogens (tertiary/aromatic N) is 1. The highest BCUT2D eigenvalue weighted by molar-refractivity contribution is 6.22. The number of fused-ring (bicyclic) bond motifs is 5. The van der Waals surface area contributed by atoms with Gasteiger partial charge in [0, 0.05) is 0 Å². The second kappa shape index (κ2) is 8.10. The Morgan fingerprint density at radius 3 is 1.74 bits per heavy atom. The summed E-state index contributed by atoms with van der Waals surface area (Å²) in [4.78, 5) is 40.6. The van der Waals surface area contributed by atoms with E-state index in [1.54, 1.807) is 24.3 Å². The van der Waals surface area contributed by atoms with E-state index in [-0.39, 0.29) is 35.5 Å². The highest BCUT2D eigenvalue weighted by atomic mass is 16.5. The largest absolute Gasteiger partial charge is 0.426 e. The second-order valence-electron chi connectivity index (χ2n) is 9.18. The minimum atomic E-state index is -0.564. The van der Waals surface area contributed by atoms with E-state index >= 15 is 0 Å². The van der Waals surface area contributed by atoms with E-state index in [0.717, 1.165) is 17.5 Å². The predicted molar refractivity (Wildman–Crippen MR) is 127 cm³/mol. The lowest BCUT2D eigenvalue weighted by Gasteiger charge is -2.19. The number of rotatable bonds is 5. The van der Waals surface area contributed by atoms with Gasteiger partial charge < -0.3 is 4.74 Å². The first-order valence-corrected chi connectivity index (χ1v) is 11.6. The molecule has 5 nitrogen and oxygen atoms in total. The van der Waals surface area contributed by atoms with Gasteiger partial charge in [-0.3, -0.25) is 19.3 Å². The number of benzene rings is 3. The number of carbonyl (C=O) groups is 3. The highest BCUT2D eigenvalue weighted by Crippen LogP contribution is 2.53. The van der Waals surface area contributed by atoms with Gasteiger partial charge in [-0.15, -0.1) is 0 Å². The van der Waals surface area contributed by atoms with Crippen molar-refractivity contribution in [3.63, 3.8) is 0 Å². The summed E-state index contributed by atoms with van der Waals surface area (Å²) in [6.45, 7) is 0. The van der Waals surface area contributed by atoms with Gasteiger partial charge in [-0.1, -0.05) is 72.8 Å². The minimum Gasteiger partial charge on any atom is -0.426 e. The monoisotopic (exact) mass is 449 g/mol. The SMILES string of the molecule is O=C(Oc1ccc(N2C(=O)[C@@H]3[C@H](C2=O)[C@H]2C=C[C@H]3C2)cc1)C(c1ccccc1)c1ccccc1. The molecular weight excluding hydrogens is 426 g/mol. The zero-order valence-corrected chi connectivity index (χ0v) is 18.4. The Kier molecular flexibility index (Phi) is 4.91. The van der Waals surface area contributed by atoms with Crippen LogP contribution in [0.1, 0.15) is 23.5 Å². The normalized spacial score (nSPS) is 24.7. The molecule has 2 aliphatic carbocycles. The van der Waals surface area contributed by atoms with Gasteiger partial charge in [0.2, 0.25) is 11.8 Å². The summed E-state index contributed by atoms with van der Waals surface area (Å²) in [6.07, 6.45) is 5.07. The predicted octanol–water partition coefficient (Wildman–Crippen LogP) is 4.74. The Hall–Kier alpha value is -3.99. The van der Waals surface area contributed by atoms with E-state index in [1.165, 1.54) is 4.90 Å². The summed E-state index contributed by atoms with van der Waals surface area (Å²) in [7, 11) is 0. The average molecular weight is 450 g/mol. The molecule has 34 heavy (non-hydrogen) atoms. The fraction of sp³-hybridized carbons (Fsp3) is 0.207. The number of anilines is 1. The minimum absolute atomic E-state index is 0.121. The van der Waals surface area contributed by atoms with E-state index in [0.29, 0.717) is 11.4 Å². The molecule has 0 radical (unpaired) electrons. The van der Waals surface area contributed by atoms with Crippen molar-refractivity contribution in [3.05, 3.63) is 108 Å². The Bertz CT molecular complexity index is 1210. The summed E-state index contributed by atoms with van der Waals surface area (Å²) >= 11 is 0. The number of amides is 2. The Morgan fingerprint density at radius 2 is 1.24 bits per heavy atom. The molecule has 3 aromatic rings. The number of imide groups is 1. The van der Waals surface area contributed by atoms with Crippen LogP contribution in [0, 0.1) is 23.7 Å². The van der Waals surface area contributed by atoms with Gasteiger partial charge in [-0.05, 0) is 53.6 Å². The van der Waals surface area contributed by atoms with Crippen LogP contribution in [0.25, 0.3) is 0 Å². The van der Waals surface area contributed by atoms with Crippen molar-refractivity contribution in [2.45, 2.75) is 12.3 Å². The third-order valence-electron chi connectivity index (χ3n) is 7.29. The maximum absolute atomic E-state index is 13.2. The van der Waals surface area contributed by atoms with Gasteiger partial charge in [0.25, 0.3) is 0 Å². The Morgan fingerprint density at radius 1 is 0.735 bits per heavy atom. The molecule has 2 bridgehead atoms. The van der Waals surface area contributed by atoms with Gasteiger partial charge in [-0.2, -0.15) is 0 Å². The zero-order valence-electron chi connectivity index (χ0n) is 18.4. The van der Waals surface area contributed by atoms with Crippen LogP contribution < -0.4 is 9.64 Å². The molecule has 5 heteroatoms. The standard InChI is InChI=1S/C29H23NO4/c31-27-25-20-11-12-21(17-20)26(25)28(32)30(27)22-13-15-23(16-14-22)34-29(33)24(18-7-3-1-4-8-18)19-9-5-2-6-10-19/h1-16,20-21,24-26H,17H2/t20-,21-,25-,26+/m0/s1. The van der Waals surface area contributed by atoms with Crippen LogP contribution in [0.3, 0.4) is 0 Å². The van der Waals surface area contributed by atoms with Crippen LogP contribution in [0.2, 0.25) is 0 Å². The van der Waals surface area contributed by atoms with Crippen LogP contribution in [0.15, 0.2) is 97.1 Å². The van der Waals surface area contributed by atoms with Crippen LogP contribution in [-0.2, 0) is 14.4 Å². The van der Waals surface area contributed by atoms with Crippen LogP contribution in [0.4, 0.5) is 5.69 Å². The smallest absolute Gasteiger partial charge is 0.323 e. The molecule has 0 spiro atoms. The first-order valence-electron chi connectivity index (χ1n) is 11.6. The number of allylic oxidation sites excluding steroid dienone is 2. The van der Waals surface area contributed by atoms with Crippen molar-refractivity contribution in [2.75, 3.05) is 4.90 Å². The number of hydrogen-bond acceptors (Lipinski definition) is 4. The van der Waals surface area contributed by atoms with E-state index in [9.17, 15) is 14.4 Å². The maximum atomic E-state index is 13.2. The van der Waals surface area contributed by atoms with Gasteiger partial charge in [-0.25, -0.2) is 0 Å². The molecule has 0 unspecified atom stereocenters. The molecule has 1 saturated heterocycles. The van der Waals surface area contributed by atoms with Crippen molar-refractivity contribution >= 4 is 23.5 Å². The summed E-state index contributed by atoms with van der Waals surface area (Å²) in [5.41, 5.74) is 2.21. The zero-order chi connectivity index (χ0) is 23.2. The highest BCUT2D eigenvalue weighted by Gasteiger charge is 2.59. The third kappa shape index (κ3) is 3.27. The molecule has 0 aromatic heterocycles. The van der Waals surface area contributed by atoms with Crippen molar-refractivity contribution in [2.24, 2.45) is 23.7 Å². The molecule has 1 saturated carbocycles. The number of esters is 1. The quantitative estimate of drug-likeness (QED) is 0.244. The van der Waals surface area contributed by atoms with Crippen LogP contribution >= 0.6 is 0 Å². The van der Waals surface area contributed by atoms with E-state index < -0.39 is 11.9 Å². The molecule has 1 aliphatic heterocycles. The fourth-order valence-corrected chi connectivity index (χ4v) is 5.75. The molecule has 1 heterocycles. The molecule has 6 rings (SSSR count). The summed E-state index contributed by atoms with van der Waals surface area (Å²) in [6, 6.07) is 25.7. The van der Waals surface area contributed by atoms with Gasteiger partial charge in [0.05, 0.1) is 17.5 Å². The molecule has 2 amide bonds. The Balaban J connectivity index is 1.22. The number of ether oxygens (including phenoxy) is 1. The lowest BCUT2D eigenvalue weighted by molar-refractivity contribution is -0.135. The van der Waals surface area contributed by atoms with E-state index in [4.69, 9.17) is 4.74 Å². The van der Waals surface area contributed by atoms with Crippen molar-refractivity contribution in [1.29, 1.82) is 0 Å². The first-order chi connectivity index (χ1) is 16.6. The van der Waals surface area contributed by atoms with Crippen molar-refractivity contribution < 1.29 is 19.1 Å². The van der Waals surface area contributed by atoms with E-state index in [1.807, 2.05) is 60.7 Å². The van der Waals surface area contributed by atoms with Gasteiger partial charge in [0.1, 0.15) is 11.7 Å². The van der Waals surface area contributed by atoms with Crippen molar-refractivity contribution in [1.82, 2.24) is 0 Å². The molecule has 3 aromatic carbocycles. The van der Waals surface area contributed by atoms with Crippen LogP contribution in [0.5, 0.6) is 5.75 Å². The van der Waals surface area contributed by atoms with E-state index in [2.05, 4.69) is 12.2 Å². The average Bonchev–Trinajstić information content (AvgIpc) is 3.55. The molecule has 3 aliphatic rings. The second-order valence-corrected chi connectivity index (χ2v) is 9.18. The lowest BCUT2D eigenvalue weighted by Crippen LogP contribution is -2.32. The summed E-state index contributed by atoms with van der Waals surface area (Å²) in [5.74, 6) is -0.965. The summed E-state index contributed by atoms with van der Waals surface area (Å²) < 4.78 is 5.74. The molecule has 4 atom stereocenters. The van der Waals surface area contributed by atoms with Gasteiger partial charge >= 0.3 is 5.97 Å². The lowest BCUT2D eigenvalue weighted by atomic mass is 9.85. The first kappa shape index (κ1) is 20.6. The third-order valence-corrected chi connectivity index (χ3v) is 7.29. The number of carbonyl (C=O) groups excluding carboxylic acids is 3. The fourth-order valence-electron chi connectivity index (χ4n) is 5.75. The van der Waals surface area contributed by atoms with Crippen LogP contribution in [-0.4, -0.2) is 17.8 Å². The summed E-state index contributed by atoms with van der Waals surface area (Å²) in [5, 5.41) is 0. The Labute approximate surface area is 197 Å². The molecule has 0 N–H and O–H groups in total. The molecular formula is C29H23NO4. The maximum Gasteiger partial charge on any atom is 0.323 e. The molecule has 2 fully saturated rings.